The van der Waals surface area contributed by atoms with Crippen LogP contribution in [-0.4, -0.2) is 29.4 Å². The summed E-state index contributed by atoms with van der Waals surface area (Å²) in [6.45, 7) is 0. The minimum Gasteiger partial charge on any atom is -0.428 e. The molecule has 0 aliphatic carbocycles. The molecular weight excluding hydrogens is 382 g/mol. The topological polar surface area (TPSA) is 52.9 Å². The standard InChI is InChI=1S/C14H10BCl2F2NO3S/c1-20(12-5-8(15(21)22)9(16)6-10(12)17)14(24)23-13-3-2-7(18)4-11(13)19/h2-6,21-22H,1H3. The summed E-state index contributed by atoms with van der Waals surface area (Å²) >= 11 is 17.0. The quantitative estimate of drug-likeness (QED) is 0.622. The maximum absolute atomic E-state index is 13.6. The summed E-state index contributed by atoms with van der Waals surface area (Å²) in [5.41, 5.74) is 0.273. The van der Waals surface area contributed by atoms with E-state index in [-0.39, 0.29) is 32.1 Å². The van der Waals surface area contributed by atoms with Gasteiger partial charge in [0.15, 0.2) is 11.6 Å². The zero-order chi connectivity index (χ0) is 18.0. The average molecular weight is 392 g/mol. The molecule has 24 heavy (non-hydrogen) atoms. The molecule has 2 rings (SSSR count). The molecule has 0 saturated carbocycles. The summed E-state index contributed by atoms with van der Waals surface area (Å²) in [6, 6.07) is 5.40. The smallest absolute Gasteiger partial charge is 0.428 e. The minimum atomic E-state index is -1.81. The van der Waals surface area contributed by atoms with E-state index in [9.17, 15) is 18.8 Å². The van der Waals surface area contributed by atoms with Crippen molar-refractivity contribution in [2.75, 3.05) is 11.9 Å². The normalized spacial score (nSPS) is 10.5. The first kappa shape index (κ1) is 18.9. The number of benzene rings is 2. The molecule has 0 aliphatic heterocycles. The van der Waals surface area contributed by atoms with Crippen molar-refractivity contribution in [3.8, 4) is 5.75 Å². The van der Waals surface area contributed by atoms with Crippen molar-refractivity contribution in [3.63, 3.8) is 0 Å². The van der Waals surface area contributed by atoms with Crippen LogP contribution < -0.4 is 15.1 Å². The van der Waals surface area contributed by atoms with Gasteiger partial charge in [0.25, 0.3) is 5.17 Å². The second-order valence-electron chi connectivity index (χ2n) is 4.70. The van der Waals surface area contributed by atoms with Gasteiger partial charge in [-0.3, -0.25) is 0 Å². The van der Waals surface area contributed by atoms with Crippen molar-refractivity contribution < 1.29 is 23.6 Å². The van der Waals surface area contributed by atoms with Crippen molar-refractivity contribution in [1.29, 1.82) is 0 Å². The highest BCUT2D eigenvalue weighted by Crippen LogP contribution is 2.28. The molecule has 0 spiro atoms. The van der Waals surface area contributed by atoms with E-state index in [2.05, 4.69) is 0 Å². The Morgan fingerprint density at radius 1 is 1.17 bits per heavy atom. The third-order valence-corrected chi connectivity index (χ3v) is 4.06. The molecule has 0 radical (unpaired) electrons. The van der Waals surface area contributed by atoms with Crippen LogP contribution in [-0.2, 0) is 0 Å². The number of thiocarbonyl (C=S) groups is 1. The van der Waals surface area contributed by atoms with E-state index in [1.54, 1.807) is 0 Å². The van der Waals surface area contributed by atoms with Crippen LogP contribution in [0.3, 0.4) is 0 Å². The number of ether oxygens (including phenoxy) is 1. The number of hydrogen-bond donors (Lipinski definition) is 2. The predicted octanol–water partition coefficient (Wildman–Crippen LogP) is 2.75. The van der Waals surface area contributed by atoms with Crippen molar-refractivity contribution in [3.05, 3.63) is 52.0 Å². The second-order valence-corrected chi connectivity index (χ2v) is 5.86. The Bertz CT molecular complexity index is 795. The van der Waals surface area contributed by atoms with Gasteiger partial charge in [0, 0.05) is 23.6 Å². The molecule has 2 aromatic rings. The van der Waals surface area contributed by atoms with Gasteiger partial charge in [-0.15, -0.1) is 0 Å². The molecule has 2 N–H and O–H groups in total. The number of hydrogen-bond acceptors (Lipinski definition) is 4. The average Bonchev–Trinajstić information content (AvgIpc) is 2.49. The Morgan fingerprint density at radius 3 is 2.42 bits per heavy atom. The molecule has 0 aromatic heterocycles. The number of halogens is 4. The summed E-state index contributed by atoms with van der Waals surface area (Å²) in [5, 5.41) is 18.6. The molecule has 0 saturated heterocycles. The number of nitrogens with zero attached hydrogens (tertiary/aromatic N) is 1. The van der Waals surface area contributed by atoms with Crippen LogP contribution in [0.4, 0.5) is 14.5 Å². The van der Waals surface area contributed by atoms with Gasteiger partial charge in [-0.1, -0.05) is 23.2 Å². The zero-order valence-corrected chi connectivity index (χ0v) is 14.5. The number of rotatable bonds is 3. The van der Waals surface area contributed by atoms with Crippen LogP contribution in [0.1, 0.15) is 0 Å². The van der Waals surface area contributed by atoms with Crippen molar-refractivity contribution in [1.82, 2.24) is 0 Å². The Hall–Kier alpha value is -1.45. The van der Waals surface area contributed by atoms with Gasteiger partial charge in [0.05, 0.1) is 10.7 Å². The fourth-order valence-electron chi connectivity index (χ4n) is 1.83. The van der Waals surface area contributed by atoms with Crippen molar-refractivity contribution >= 4 is 58.9 Å². The van der Waals surface area contributed by atoms with E-state index >= 15 is 0 Å². The van der Waals surface area contributed by atoms with Crippen molar-refractivity contribution in [2.45, 2.75) is 0 Å². The minimum absolute atomic E-state index is 0.0127. The van der Waals surface area contributed by atoms with E-state index < -0.39 is 18.8 Å². The van der Waals surface area contributed by atoms with Crippen LogP contribution in [0, 0.1) is 11.6 Å². The van der Waals surface area contributed by atoms with Crippen LogP contribution in [0.15, 0.2) is 30.3 Å². The van der Waals surface area contributed by atoms with Crippen LogP contribution in [0.2, 0.25) is 10.0 Å². The Balaban J connectivity index is 2.29. The lowest BCUT2D eigenvalue weighted by Crippen LogP contribution is -2.34. The molecule has 0 unspecified atom stereocenters. The molecular formula is C14H10BCl2F2NO3S. The molecule has 0 atom stereocenters. The first-order chi connectivity index (χ1) is 11.2. The third kappa shape index (κ3) is 4.14. The first-order valence-electron chi connectivity index (χ1n) is 6.46. The van der Waals surface area contributed by atoms with E-state index in [1.165, 1.54) is 24.1 Å². The molecule has 126 valence electrons. The molecule has 0 aliphatic rings. The van der Waals surface area contributed by atoms with E-state index in [0.717, 1.165) is 12.1 Å². The van der Waals surface area contributed by atoms with Gasteiger partial charge in [0.1, 0.15) is 5.82 Å². The monoisotopic (exact) mass is 391 g/mol. The number of anilines is 1. The summed E-state index contributed by atoms with van der Waals surface area (Å²) in [6.07, 6.45) is 0. The van der Waals surface area contributed by atoms with Crippen molar-refractivity contribution in [2.24, 2.45) is 0 Å². The zero-order valence-electron chi connectivity index (χ0n) is 12.1. The fourth-order valence-corrected chi connectivity index (χ4v) is 2.62. The van der Waals surface area contributed by atoms with Gasteiger partial charge < -0.3 is 19.7 Å². The third-order valence-electron chi connectivity index (χ3n) is 3.07. The van der Waals surface area contributed by atoms with Gasteiger partial charge in [-0.05, 0) is 36.5 Å². The second kappa shape index (κ2) is 7.63. The predicted molar refractivity (Wildman–Crippen MR) is 94.3 cm³/mol. The maximum Gasteiger partial charge on any atom is 0.490 e. The summed E-state index contributed by atoms with van der Waals surface area (Å²) in [5.74, 6) is -1.93. The summed E-state index contributed by atoms with van der Waals surface area (Å²) in [7, 11) is -0.335. The van der Waals surface area contributed by atoms with Crippen LogP contribution in [0.25, 0.3) is 0 Å². The van der Waals surface area contributed by atoms with Crippen LogP contribution in [0.5, 0.6) is 5.75 Å². The fraction of sp³-hybridized carbons (Fsp3) is 0.0714. The van der Waals surface area contributed by atoms with E-state index in [4.69, 9.17) is 40.2 Å². The maximum atomic E-state index is 13.6. The van der Waals surface area contributed by atoms with Crippen LogP contribution >= 0.6 is 35.4 Å². The molecule has 2 aromatic carbocycles. The van der Waals surface area contributed by atoms with Gasteiger partial charge in [-0.25, -0.2) is 8.78 Å². The Kier molecular flexibility index (Phi) is 6.00. The highest BCUT2D eigenvalue weighted by atomic mass is 35.5. The molecule has 0 fully saturated rings. The van der Waals surface area contributed by atoms with Gasteiger partial charge >= 0.3 is 7.12 Å². The lowest BCUT2D eigenvalue weighted by molar-refractivity contribution is 0.426. The van der Waals surface area contributed by atoms with Gasteiger partial charge in [-0.2, -0.15) is 0 Å². The summed E-state index contributed by atoms with van der Waals surface area (Å²) in [4.78, 5) is 1.28. The summed E-state index contributed by atoms with van der Waals surface area (Å²) < 4.78 is 31.7. The largest absolute Gasteiger partial charge is 0.490 e. The Labute approximate surface area is 152 Å². The van der Waals surface area contributed by atoms with Gasteiger partial charge in [0.2, 0.25) is 0 Å². The lowest BCUT2D eigenvalue weighted by atomic mass is 9.80. The molecule has 4 nitrogen and oxygen atoms in total. The molecule has 0 amide bonds. The first-order valence-corrected chi connectivity index (χ1v) is 7.62. The molecule has 0 heterocycles. The van der Waals surface area contributed by atoms with E-state index in [0.29, 0.717) is 6.07 Å². The SMILES string of the molecule is CN(C(=S)Oc1ccc(F)cc1F)c1cc(B(O)O)c(Cl)cc1Cl. The lowest BCUT2D eigenvalue weighted by Gasteiger charge is -2.22. The Morgan fingerprint density at radius 2 is 1.83 bits per heavy atom. The highest BCUT2D eigenvalue weighted by molar-refractivity contribution is 7.80. The van der Waals surface area contributed by atoms with E-state index in [1.807, 2.05) is 0 Å². The molecule has 10 heteroatoms. The highest BCUT2D eigenvalue weighted by Gasteiger charge is 2.21. The molecule has 0 bridgehead atoms.